The van der Waals surface area contributed by atoms with Gasteiger partial charge in [0.25, 0.3) is 5.69 Å². The Hall–Kier alpha value is -2.55. The fourth-order valence-corrected chi connectivity index (χ4v) is 2.03. The number of rotatable bonds is 4. The first kappa shape index (κ1) is 14.9. The molecule has 0 aliphatic carbocycles. The van der Waals surface area contributed by atoms with Crippen molar-refractivity contribution in [3.05, 3.63) is 50.2 Å². The van der Waals surface area contributed by atoms with Gasteiger partial charge in [0.2, 0.25) is 0 Å². The summed E-state index contributed by atoms with van der Waals surface area (Å²) in [5, 5.41) is 18.2. The van der Waals surface area contributed by atoms with Crippen LogP contribution in [0.3, 0.4) is 0 Å². The summed E-state index contributed by atoms with van der Waals surface area (Å²) in [5.41, 5.74) is 6.03. The van der Waals surface area contributed by atoms with Gasteiger partial charge in [-0.3, -0.25) is 15.5 Å². The number of benzene rings is 1. The predicted molar refractivity (Wildman–Crippen MR) is 78.7 cm³/mol. The monoisotopic (exact) mass is 351 g/mol. The maximum Gasteiger partial charge on any atom is 0.322 e. The topological polar surface area (TPSA) is 128 Å². The molecule has 0 bridgehead atoms. The van der Waals surface area contributed by atoms with Gasteiger partial charge in [0.05, 0.1) is 4.92 Å². The SMILES string of the molecule is Cc1cc(C(=N)N)nc(Oc2cccc([N+](=O)[O-])c2Br)n1. The van der Waals surface area contributed by atoms with Gasteiger partial charge in [-0.25, -0.2) is 4.98 Å². The van der Waals surface area contributed by atoms with E-state index in [4.69, 9.17) is 15.9 Å². The number of amidine groups is 1. The lowest BCUT2D eigenvalue weighted by Crippen LogP contribution is -2.14. The van der Waals surface area contributed by atoms with Gasteiger partial charge in [-0.15, -0.1) is 0 Å². The van der Waals surface area contributed by atoms with Crippen LogP contribution in [0.25, 0.3) is 0 Å². The van der Waals surface area contributed by atoms with E-state index >= 15 is 0 Å². The summed E-state index contributed by atoms with van der Waals surface area (Å²) in [6.45, 7) is 1.70. The number of hydrogen-bond donors (Lipinski definition) is 2. The molecule has 1 aromatic heterocycles. The van der Waals surface area contributed by atoms with Crippen molar-refractivity contribution in [1.82, 2.24) is 9.97 Å². The molecule has 0 amide bonds. The maximum absolute atomic E-state index is 10.9. The van der Waals surface area contributed by atoms with Gasteiger partial charge in [0.15, 0.2) is 5.75 Å². The number of aryl methyl sites for hydroxylation is 1. The van der Waals surface area contributed by atoms with Gasteiger partial charge >= 0.3 is 6.01 Å². The summed E-state index contributed by atoms with van der Waals surface area (Å²) < 4.78 is 5.63. The third-order valence-corrected chi connectivity index (χ3v) is 3.25. The number of aromatic nitrogens is 2. The smallest absolute Gasteiger partial charge is 0.322 e. The van der Waals surface area contributed by atoms with Crippen LogP contribution in [0.2, 0.25) is 0 Å². The molecule has 0 radical (unpaired) electrons. The third kappa shape index (κ3) is 3.31. The Labute approximate surface area is 127 Å². The molecule has 0 aliphatic rings. The van der Waals surface area contributed by atoms with Gasteiger partial charge < -0.3 is 10.5 Å². The number of ether oxygens (including phenoxy) is 1. The molecule has 0 saturated carbocycles. The lowest BCUT2D eigenvalue weighted by Gasteiger charge is -2.08. The molecule has 0 spiro atoms. The molecule has 108 valence electrons. The Balaban J connectivity index is 2.41. The standard InChI is InChI=1S/C12H10BrN5O3/c1-6-5-7(11(14)15)17-12(16-6)21-9-4-2-3-8(10(9)13)18(19)20/h2-5H,1H3,(H3,14,15). The zero-order valence-electron chi connectivity index (χ0n) is 10.8. The van der Waals surface area contributed by atoms with Crippen molar-refractivity contribution >= 4 is 27.5 Å². The molecule has 21 heavy (non-hydrogen) atoms. The van der Waals surface area contributed by atoms with Crippen molar-refractivity contribution in [3.63, 3.8) is 0 Å². The normalized spacial score (nSPS) is 10.2. The second-order valence-electron chi connectivity index (χ2n) is 4.04. The number of halogens is 1. The first-order valence-electron chi connectivity index (χ1n) is 5.69. The zero-order valence-corrected chi connectivity index (χ0v) is 12.4. The van der Waals surface area contributed by atoms with Crippen molar-refractivity contribution in [2.75, 3.05) is 0 Å². The van der Waals surface area contributed by atoms with E-state index in [2.05, 4.69) is 25.9 Å². The highest BCUT2D eigenvalue weighted by molar-refractivity contribution is 9.10. The zero-order chi connectivity index (χ0) is 15.6. The summed E-state index contributed by atoms with van der Waals surface area (Å²) in [7, 11) is 0. The molecule has 2 aromatic rings. The Morgan fingerprint density at radius 3 is 2.81 bits per heavy atom. The molecule has 0 unspecified atom stereocenters. The van der Waals surface area contributed by atoms with Gasteiger partial charge in [-0.1, -0.05) is 6.07 Å². The summed E-state index contributed by atoms with van der Waals surface area (Å²) in [6, 6.07) is 5.87. The van der Waals surface area contributed by atoms with Crippen molar-refractivity contribution in [1.29, 1.82) is 5.41 Å². The Morgan fingerprint density at radius 1 is 1.48 bits per heavy atom. The highest BCUT2D eigenvalue weighted by Crippen LogP contribution is 2.35. The molecule has 0 saturated heterocycles. The molecule has 0 aliphatic heterocycles. The minimum atomic E-state index is -0.533. The fraction of sp³-hybridized carbons (Fsp3) is 0.0833. The van der Waals surface area contributed by atoms with Crippen molar-refractivity contribution < 1.29 is 9.66 Å². The van der Waals surface area contributed by atoms with Crippen LogP contribution in [0.1, 0.15) is 11.4 Å². The van der Waals surface area contributed by atoms with Crippen LogP contribution in [0.4, 0.5) is 5.69 Å². The fourth-order valence-electron chi connectivity index (χ4n) is 1.54. The first-order valence-corrected chi connectivity index (χ1v) is 6.48. The van der Waals surface area contributed by atoms with Crippen molar-refractivity contribution in [2.45, 2.75) is 6.92 Å². The summed E-state index contributed by atoms with van der Waals surface area (Å²) in [5.74, 6) is -0.0206. The maximum atomic E-state index is 10.9. The predicted octanol–water partition coefficient (Wildman–Crippen LogP) is 2.53. The molecule has 1 aromatic carbocycles. The first-order chi connectivity index (χ1) is 9.88. The number of hydrogen-bond acceptors (Lipinski definition) is 6. The van der Waals surface area contributed by atoms with E-state index in [1.165, 1.54) is 24.3 Å². The van der Waals surface area contributed by atoms with E-state index in [1.807, 2.05) is 0 Å². The Bertz CT molecular complexity index is 735. The minimum absolute atomic E-state index is 0.0404. The molecule has 2 rings (SSSR count). The van der Waals surface area contributed by atoms with E-state index in [9.17, 15) is 10.1 Å². The molecule has 1 heterocycles. The van der Waals surface area contributed by atoms with Crippen LogP contribution >= 0.6 is 15.9 Å². The minimum Gasteiger partial charge on any atom is -0.423 e. The van der Waals surface area contributed by atoms with Gasteiger partial charge in [-0.05, 0) is 35.0 Å². The van der Waals surface area contributed by atoms with Gasteiger partial charge in [0, 0.05) is 11.8 Å². The van der Waals surface area contributed by atoms with E-state index in [1.54, 1.807) is 6.92 Å². The largest absolute Gasteiger partial charge is 0.423 e. The lowest BCUT2D eigenvalue weighted by atomic mass is 10.3. The average molecular weight is 352 g/mol. The van der Waals surface area contributed by atoms with Crippen LogP contribution in [-0.4, -0.2) is 20.7 Å². The number of nitrogens with zero attached hydrogens (tertiary/aromatic N) is 3. The van der Waals surface area contributed by atoms with Gasteiger partial charge in [-0.2, -0.15) is 4.98 Å². The second kappa shape index (κ2) is 5.83. The molecule has 8 nitrogen and oxygen atoms in total. The molecular formula is C12H10BrN5O3. The number of nitro groups is 1. The summed E-state index contributed by atoms with van der Waals surface area (Å²) >= 11 is 3.12. The Kier molecular flexibility index (Phi) is 4.13. The summed E-state index contributed by atoms with van der Waals surface area (Å²) in [6.07, 6.45) is 0. The van der Waals surface area contributed by atoms with Crippen LogP contribution in [0.15, 0.2) is 28.7 Å². The van der Waals surface area contributed by atoms with Crippen LogP contribution < -0.4 is 10.5 Å². The van der Waals surface area contributed by atoms with Crippen LogP contribution in [-0.2, 0) is 0 Å². The van der Waals surface area contributed by atoms with Crippen molar-refractivity contribution in [2.24, 2.45) is 5.73 Å². The van der Waals surface area contributed by atoms with E-state index in [-0.39, 0.29) is 33.4 Å². The van der Waals surface area contributed by atoms with E-state index in [0.717, 1.165) is 0 Å². The molecular weight excluding hydrogens is 342 g/mol. The van der Waals surface area contributed by atoms with E-state index < -0.39 is 4.92 Å². The molecule has 0 fully saturated rings. The van der Waals surface area contributed by atoms with Crippen LogP contribution in [0, 0.1) is 22.4 Å². The highest BCUT2D eigenvalue weighted by Gasteiger charge is 2.17. The number of nitrogen functional groups attached to an aromatic ring is 1. The number of nitrogens with one attached hydrogen (secondary N) is 1. The second-order valence-corrected chi connectivity index (χ2v) is 4.83. The van der Waals surface area contributed by atoms with E-state index in [0.29, 0.717) is 5.69 Å². The third-order valence-electron chi connectivity index (χ3n) is 2.45. The molecule has 3 N–H and O–H groups in total. The van der Waals surface area contributed by atoms with Crippen molar-refractivity contribution in [3.8, 4) is 11.8 Å². The molecule has 0 atom stereocenters. The number of nitrogens with two attached hydrogens (primary N) is 1. The Morgan fingerprint density at radius 2 is 2.19 bits per heavy atom. The highest BCUT2D eigenvalue weighted by atomic mass is 79.9. The molecule has 9 heteroatoms. The average Bonchev–Trinajstić information content (AvgIpc) is 2.40. The summed E-state index contributed by atoms with van der Waals surface area (Å²) in [4.78, 5) is 18.4. The quantitative estimate of drug-likeness (QED) is 0.377. The lowest BCUT2D eigenvalue weighted by molar-refractivity contribution is -0.385. The van der Waals surface area contributed by atoms with Gasteiger partial charge in [0.1, 0.15) is 16.0 Å². The van der Waals surface area contributed by atoms with Crippen LogP contribution in [0.5, 0.6) is 11.8 Å². The number of nitro benzene ring substituents is 1.